The molecular formula is C23H21N3O3. The molecule has 1 amide bonds. The van der Waals surface area contributed by atoms with Crippen LogP contribution in [0.5, 0.6) is 5.75 Å². The Kier molecular flexibility index (Phi) is 5.24. The van der Waals surface area contributed by atoms with Crippen molar-refractivity contribution in [3.63, 3.8) is 0 Å². The molecular weight excluding hydrogens is 366 g/mol. The topological polar surface area (TPSA) is 76.2 Å². The summed E-state index contributed by atoms with van der Waals surface area (Å²) in [6.45, 7) is 2.05. The lowest BCUT2D eigenvalue weighted by Crippen LogP contribution is -2.37. The van der Waals surface area contributed by atoms with Crippen molar-refractivity contribution in [1.29, 1.82) is 0 Å². The number of benzene rings is 2. The highest BCUT2D eigenvalue weighted by Gasteiger charge is 2.28. The van der Waals surface area contributed by atoms with Crippen LogP contribution in [0.3, 0.4) is 0 Å². The molecule has 0 spiro atoms. The lowest BCUT2D eigenvalue weighted by molar-refractivity contribution is 0.0949. The Labute approximate surface area is 169 Å². The van der Waals surface area contributed by atoms with Crippen LogP contribution in [0.15, 0.2) is 81.3 Å². The van der Waals surface area contributed by atoms with E-state index in [1.807, 2.05) is 48.5 Å². The van der Waals surface area contributed by atoms with Gasteiger partial charge in [-0.2, -0.15) is 0 Å². The number of rotatable bonds is 4. The largest absolute Gasteiger partial charge is 0.497 e. The first-order valence-electron chi connectivity index (χ1n) is 9.43. The number of carbonyl (C=O) groups excluding carboxylic acids is 1. The number of amides is 1. The first kappa shape index (κ1) is 18.7. The van der Waals surface area contributed by atoms with E-state index in [-0.39, 0.29) is 17.6 Å². The number of nitrogens with zero attached hydrogens (tertiary/aromatic N) is 2. The van der Waals surface area contributed by atoms with Gasteiger partial charge in [-0.15, -0.1) is 0 Å². The Morgan fingerprint density at radius 3 is 2.38 bits per heavy atom. The molecule has 3 aromatic rings. The van der Waals surface area contributed by atoms with Crippen molar-refractivity contribution in [3.05, 3.63) is 78.3 Å². The highest BCUT2D eigenvalue weighted by Crippen LogP contribution is 2.35. The summed E-state index contributed by atoms with van der Waals surface area (Å²) in [5, 5.41) is 2.95. The van der Waals surface area contributed by atoms with Gasteiger partial charge in [0, 0.05) is 5.71 Å². The lowest BCUT2D eigenvalue weighted by atomic mass is 9.91. The second-order valence-corrected chi connectivity index (χ2v) is 6.58. The normalized spacial score (nSPS) is 15.6. The van der Waals surface area contributed by atoms with E-state index in [1.165, 1.54) is 6.26 Å². The highest BCUT2D eigenvalue weighted by molar-refractivity contribution is 6.19. The van der Waals surface area contributed by atoms with Gasteiger partial charge in [-0.3, -0.25) is 9.79 Å². The number of ether oxygens (including phenoxy) is 1. The number of aliphatic imine (C=N–C) groups is 2. The number of nitrogens with one attached hydrogen (secondary N) is 1. The van der Waals surface area contributed by atoms with Crippen molar-refractivity contribution in [1.82, 2.24) is 5.32 Å². The van der Waals surface area contributed by atoms with Crippen LogP contribution in [0.4, 0.5) is 11.4 Å². The zero-order valence-electron chi connectivity index (χ0n) is 16.3. The second-order valence-electron chi connectivity index (χ2n) is 6.58. The molecule has 0 aliphatic carbocycles. The number of para-hydroxylation sites is 2. The van der Waals surface area contributed by atoms with Gasteiger partial charge in [0.1, 0.15) is 11.6 Å². The Morgan fingerprint density at radius 2 is 1.76 bits per heavy atom. The quantitative estimate of drug-likeness (QED) is 0.682. The van der Waals surface area contributed by atoms with Crippen molar-refractivity contribution in [2.24, 2.45) is 9.98 Å². The maximum Gasteiger partial charge on any atom is 0.292 e. The molecule has 1 aromatic heterocycles. The monoisotopic (exact) mass is 387 g/mol. The van der Waals surface area contributed by atoms with E-state index in [4.69, 9.17) is 19.1 Å². The Balaban J connectivity index is 1.82. The number of amidine groups is 1. The van der Waals surface area contributed by atoms with Gasteiger partial charge in [0.15, 0.2) is 5.76 Å². The summed E-state index contributed by atoms with van der Waals surface area (Å²) < 4.78 is 10.5. The van der Waals surface area contributed by atoms with E-state index in [0.717, 1.165) is 22.7 Å². The number of methoxy groups -OCH3 is 1. The molecule has 0 bridgehead atoms. The summed E-state index contributed by atoms with van der Waals surface area (Å²) in [6.07, 6.45) is 2.18. The van der Waals surface area contributed by atoms with Gasteiger partial charge in [0.25, 0.3) is 5.91 Å². The highest BCUT2D eigenvalue weighted by atomic mass is 16.5. The lowest BCUT2D eigenvalue weighted by Gasteiger charge is -2.20. The van der Waals surface area contributed by atoms with Gasteiger partial charge in [-0.25, -0.2) is 4.99 Å². The Bertz CT molecular complexity index is 1070. The van der Waals surface area contributed by atoms with Crippen LogP contribution in [0, 0.1) is 0 Å². The fourth-order valence-corrected chi connectivity index (χ4v) is 3.34. The first-order valence-corrected chi connectivity index (χ1v) is 9.43. The maximum absolute atomic E-state index is 12.7. The van der Waals surface area contributed by atoms with Crippen LogP contribution in [0.25, 0.3) is 0 Å². The Morgan fingerprint density at radius 1 is 1.03 bits per heavy atom. The minimum atomic E-state index is -0.345. The molecule has 0 unspecified atom stereocenters. The van der Waals surface area contributed by atoms with Gasteiger partial charge < -0.3 is 14.5 Å². The molecule has 6 heteroatoms. The zero-order valence-corrected chi connectivity index (χ0v) is 16.3. The van der Waals surface area contributed by atoms with Crippen molar-refractivity contribution < 1.29 is 13.9 Å². The van der Waals surface area contributed by atoms with Crippen molar-refractivity contribution >= 4 is 28.8 Å². The van der Waals surface area contributed by atoms with Gasteiger partial charge >= 0.3 is 0 Å². The molecule has 0 saturated carbocycles. The molecule has 1 atom stereocenters. The third kappa shape index (κ3) is 3.82. The first-order chi connectivity index (χ1) is 14.2. The van der Waals surface area contributed by atoms with E-state index < -0.39 is 0 Å². The fourth-order valence-electron chi connectivity index (χ4n) is 3.34. The minimum Gasteiger partial charge on any atom is -0.497 e. The van der Waals surface area contributed by atoms with Gasteiger partial charge in [-0.05, 0) is 48.4 Å². The molecule has 6 nitrogen and oxygen atoms in total. The van der Waals surface area contributed by atoms with Gasteiger partial charge in [0.05, 0.1) is 30.7 Å². The molecule has 1 aliphatic rings. The van der Waals surface area contributed by atoms with E-state index in [9.17, 15) is 4.79 Å². The molecule has 1 N–H and O–H groups in total. The number of hydrogen-bond acceptors (Lipinski definition) is 5. The summed E-state index contributed by atoms with van der Waals surface area (Å²) in [5.41, 5.74) is 3.38. The van der Waals surface area contributed by atoms with Crippen molar-refractivity contribution in [2.45, 2.75) is 19.3 Å². The number of carbonyl (C=O) groups is 1. The van der Waals surface area contributed by atoms with E-state index >= 15 is 0 Å². The zero-order chi connectivity index (χ0) is 20.2. The van der Waals surface area contributed by atoms with Crippen LogP contribution in [0.1, 0.15) is 35.4 Å². The van der Waals surface area contributed by atoms with E-state index in [2.05, 4.69) is 12.2 Å². The molecule has 146 valence electrons. The average Bonchev–Trinajstić information content (AvgIpc) is 3.24. The van der Waals surface area contributed by atoms with E-state index in [0.29, 0.717) is 17.9 Å². The molecule has 4 rings (SSSR count). The third-order valence-corrected chi connectivity index (χ3v) is 4.79. The van der Waals surface area contributed by atoms with Crippen LogP contribution in [0.2, 0.25) is 0 Å². The predicted molar refractivity (Wildman–Crippen MR) is 113 cm³/mol. The van der Waals surface area contributed by atoms with Gasteiger partial charge in [-0.1, -0.05) is 31.2 Å². The maximum atomic E-state index is 12.7. The minimum absolute atomic E-state index is 0.230. The average molecular weight is 387 g/mol. The molecule has 2 aromatic carbocycles. The Hall–Kier alpha value is -3.67. The third-order valence-electron chi connectivity index (χ3n) is 4.79. The summed E-state index contributed by atoms with van der Waals surface area (Å²) >= 11 is 0. The van der Waals surface area contributed by atoms with Crippen LogP contribution < -0.4 is 10.1 Å². The fraction of sp³-hybridized carbons (Fsp3) is 0.174. The standard InChI is InChI=1S/C23H21N3O3/c1-3-17-21(15-10-12-16(28-2)13-11-15)22(26-23(27)20-9-6-14-29-20)25-19-8-5-4-7-18(19)24-17/h4-14,21H,3H2,1-2H3,(H,25,26,27)/t21-/m0/s1. The second kappa shape index (κ2) is 8.14. The van der Waals surface area contributed by atoms with E-state index in [1.54, 1.807) is 19.2 Å². The molecule has 0 radical (unpaired) electrons. The summed E-state index contributed by atoms with van der Waals surface area (Å²) in [5.74, 6) is 0.869. The van der Waals surface area contributed by atoms with Crippen molar-refractivity contribution in [2.75, 3.05) is 7.11 Å². The SMILES string of the molecule is CCC1=Nc2ccccc2N=C(NC(=O)c2ccco2)[C@H]1c1ccc(OC)cc1. The van der Waals surface area contributed by atoms with Gasteiger partial charge in [0.2, 0.25) is 0 Å². The number of fused-ring (bicyclic) bond motifs is 1. The van der Waals surface area contributed by atoms with Crippen LogP contribution >= 0.6 is 0 Å². The predicted octanol–water partition coefficient (Wildman–Crippen LogP) is 5.03. The summed E-state index contributed by atoms with van der Waals surface area (Å²) in [7, 11) is 1.63. The number of hydrogen-bond donors (Lipinski definition) is 1. The molecule has 29 heavy (non-hydrogen) atoms. The summed E-state index contributed by atoms with van der Waals surface area (Å²) in [4.78, 5) is 22.4. The summed E-state index contributed by atoms with van der Waals surface area (Å²) in [6, 6.07) is 18.7. The van der Waals surface area contributed by atoms with Crippen LogP contribution in [-0.4, -0.2) is 24.6 Å². The van der Waals surface area contributed by atoms with Crippen molar-refractivity contribution in [3.8, 4) is 5.75 Å². The molecule has 2 heterocycles. The molecule has 1 aliphatic heterocycles. The molecule has 0 fully saturated rings. The molecule has 0 saturated heterocycles. The number of furan rings is 1. The smallest absolute Gasteiger partial charge is 0.292 e. The van der Waals surface area contributed by atoms with Crippen LogP contribution in [-0.2, 0) is 0 Å².